The molecule has 0 bridgehead atoms. The molecule has 1 unspecified atom stereocenters. The fourth-order valence-corrected chi connectivity index (χ4v) is 2.81. The van der Waals surface area contributed by atoms with E-state index < -0.39 is 0 Å². The number of hydrogen-bond donors (Lipinski definition) is 0. The first-order valence-electron chi connectivity index (χ1n) is 6.74. The Morgan fingerprint density at radius 2 is 1.47 bits per heavy atom. The van der Waals surface area contributed by atoms with Crippen molar-refractivity contribution in [2.45, 2.75) is 39.5 Å². The lowest BCUT2D eigenvalue weighted by Gasteiger charge is -2.14. The lowest BCUT2D eigenvalue weighted by molar-refractivity contribution is 0.905. The first kappa shape index (κ1) is 14.1. The molecule has 2 rings (SSSR count). The van der Waals surface area contributed by atoms with Crippen LogP contribution in [0.3, 0.4) is 0 Å². The molecule has 0 aliphatic rings. The Labute approximate surface area is 121 Å². The van der Waals surface area contributed by atoms with E-state index in [9.17, 15) is 0 Å². The maximum atomic E-state index is 6.61. The van der Waals surface area contributed by atoms with Crippen LogP contribution >= 0.6 is 11.6 Å². The molecule has 0 amide bonds. The monoisotopic (exact) mass is 272 g/mol. The van der Waals surface area contributed by atoms with Crippen molar-refractivity contribution in [3.8, 4) is 0 Å². The largest absolute Gasteiger partial charge is 0.117 e. The van der Waals surface area contributed by atoms with Crippen LogP contribution in [0.2, 0.25) is 0 Å². The standard InChI is InChI=1S/C18H21Cl/c1-12-5-6-15(4)16(8-12)11-18(19)17-9-13(2)7-14(3)10-17/h5-10,18H,11H2,1-4H3. The Bertz CT molecular complexity index is 564. The molecule has 0 radical (unpaired) electrons. The molecule has 1 heteroatoms. The highest BCUT2D eigenvalue weighted by atomic mass is 35.5. The molecule has 0 spiro atoms. The molecule has 0 nitrogen and oxygen atoms in total. The summed E-state index contributed by atoms with van der Waals surface area (Å²) in [6, 6.07) is 13.1. The highest BCUT2D eigenvalue weighted by Gasteiger charge is 2.11. The van der Waals surface area contributed by atoms with Crippen LogP contribution in [0, 0.1) is 27.7 Å². The second kappa shape index (κ2) is 5.79. The molecule has 0 heterocycles. The van der Waals surface area contributed by atoms with Crippen molar-refractivity contribution in [2.24, 2.45) is 0 Å². The molecule has 0 fully saturated rings. The SMILES string of the molecule is Cc1cc(C)cc(C(Cl)Cc2cc(C)ccc2C)c1. The number of rotatable bonds is 3. The van der Waals surface area contributed by atoms with Gasteiger partial charge >= 0.3 is 0 Å². The maximum absolute atomic E-state index is 6.61. The van der Waals surface area contributed by atoms with Crippen LogP contribution in [0.15, 0.2) is 36.4 Å². The topological polar surface area (TPSA) is 0 Å². The van der Waals surface area contributed by atoms with Gasteiger partial charge in [-0.15, -0.1) is 11.6 Å². The van der Waals surface area contributed by atoms with Gasteiger partial charge in [-0.05, 0) is 50.8 Å². The van der Waals surface area contributed by atoms with E-state index >= 15 is 0 Å². The number of benzene rings is 2. The minimum atomic E-state index is 0.0408. The normalized spacial score (nSPS) is 12.5. The lowest BCUT2D eigenvalue weighted by Crippen LogP contribution is -1.99. The van der Waals surface area contributed by atoms with E-state index in [0.29, 0.717) is 0 Å². The van der Waals surface area contributed by atoms with Crippen LogP contribution in [-0.4, -0.2) is 0 Å². The Balaban J connectivity index is 2.25. The molecule has 2 aromatic carbocycles. The van der Waals surface area contributed by atoms with Gasteiger partial charge in [-0.3, -0.25) is 0 Å². The zero-order chi connectivity index (χ0) is 14.0. The lowest BCUT2D eigenvalue weighted by atomic mass is 9.97. The van der Waals surface area contributed by atoms with Crippen molar-refractivity contribution in [2.75, 3.05) is 0 Å². The van der Waals surface area contributed by atoms with Gasteiger partial charge in [0.05, 0.1) is 5.38 Å². The van der Waals surface area contributed by atoms with Crippen LogP contribution in [0.25, 0.3) is 0 Å². The first-order valence-corrected chi connectivity index (χ1v) is 7.18. The van der Waals surface area contributed by atoms with Gasteiger partial charge in [0, 0.05) is 0 Å². The van der Waals surface area contributed by atoms with Gasteiger partial charge in [0.15, 0.2) is 0 Å². The average molecular weight is 273 g/mol. The van der Waals surface area contributed by atoms with Crippen molar-refractivity contribution in [3.63, 3.8) is 0 Å². The molecular weight excluding hydrogens is 252 g/mol. The third kappa shape index (κ3) is 3.61. The minimum absolute atomic E-state index is 0.0408. The number of alkyl halides is 1. The molecule has 0 saturated carbocycles. The summed E-state index contributed by atoms with van der Waals surface area (Å²) in [5, 5.41) is 0.0408. The first-order chi connectivity index (χ1) is 8.95. The molecule has 0 aliphatic carbocycles. The number of hydrogen-bond acceptors (Lipinski definition) is 0. The molecule has 2 aromatic rings. The molecule has 0 saturated heterocycles. The molecule has 1 atom stereocenters. The van der Waals surface area contributed by atoms with Crippen molar-refractivity contribution in [1.82, 2.24) is 0 Å². The maximum Gasteiger partial charge on any atom is 0.0625 e. The van der Waals surface area contributed by atoms with E-state index in [2.05, 4.69) is 64.1 Å². The van der Waals surface area contributed by atoms with E-state index in [-0.39, 0.29) is 5.38 Å². The van der Waals surface area contributed by atoms with Crippen LogP contribution in [0.4, 0.5) is 0 Å². The summed E-state index contributed by atoms with van der Waals surface area (Å²) >= 11 is 6.61. The van der Waals surface area contributed by atoms with Gasteiger partial charge in [-0.25, -0.2) is 0 Å². The second-order valence-electron chi connectivity index (χ2n) is 5.52. The Morgan fingerprint density at radius 3 is 2.11 bits per heavy atom. The van der Waals surface area contributed by atoms with Gasteiger partial charge in [0.25, 0.3) is 0 Å². The summed E-state index contributed by atoms with van der Waals surface area (Å²) < 4.78 is 0. The summed E-state index contributed by atoms with van der Waals surface area (Å²) in [6.07, 6.45) is 0.887. The van der Waals surface area contributed by atoms with E-state index in [0.717, 1.165) is 6.42 Å². The van der Waals surface area contributed by atoms with Gasteiger partial charge < -0.3 is 0 Å². The van der Waals surface area contributed by atoms with Crippen LogP contribution in [-0.2, 0) is 6.42 Å². The summed E-state index contributed by atoms with van der Waals surface area (Å²) in [5.41, 5.74) is 7.74. The molecule has 0 aliphatic heterocycles. The van der Waals surface area contributed by atoms with Gasteiger partial charge in [-0.1, -0.05) is 53.1 Å². The third-order valence-electron chi connectivity index (χ3n) is 3.51. The summed E-state index contributed by atoms with van der Waals surface area (Å²) in [5.74, 6) is 0. The summed E-state index contributed by atoms with van der Waals surface area (Å²) in [4.78, 5) is 0. The predicted octanol–water partition coefficient (Wildman–Crippen LogP) is 5.44. The Hall–Kier alpha value is -1.27. The second-order valence-corrected chi connectivity index (χ2v) is 6.05. The summed E-state index contributed by atoms with van der Waals surface area (Å²) in [7, 11) is 0. The van der Waals surface area contributed by atoms with Crippen molar-refractivity contribution < 1.29 is 0 Å². The molecule has 100 valence electrons. The van der Waals surface area contributed by atoms with Crippen molar-refractivity contribution in [3.05, 3.63) is 69.8 Å². The zero-order valence-electron chi connectivity index (χ0n) is 12.1. The zero-order valence-corrected chi connectivity index (χ0v) is 12.9. The predicted molar refractivity (Wildman–Crippen MR) is 84.1 cm³/mol. The number of aryl methyl sites for hydroxylation is 4. The Morgan fingerprint density at radius 1 is 0.842 bits per heavy atom. The average Bonchev–Trinajstić information content (AvgIpc) is 2.32. The van der Waals surface area contributed by atoms with E-state index in [1.807, 2.05) is 0 Å². The smallest absolute Gasteiger partial charge is 0.0625 e. The third-order valence-corrected chi connectivity index (χ3v) is 3.92. The number of halogens is 1. The molecule has 19 heavy (non-hydrogen) atoms. The quantitative estimate of drug-likeness (QED) is 0.653. The van der Waals surface area contributed by atoms with Crippen LogP contribution in [0.1, 0.15) is 38.8 Å². The van der Waals surface area contributed by atoms with Gasteiger partial charge in [0.1, 0.15) is 0 Å². The Kier molecular flexibility index (Phi) is 4.31. The highest BCUT2D eigenvalue weighted by molar-refractivity contribution is 6.21. The van der Waals surface area contributed by atoms with Crippen molar-refractivity contribution >= 4 is 11.6 Å². The molecule has 0 N–H and O–H groups in total. The molecule has 0 aromatic heterocycles. The van der Waals surface area contributed by atoms with Crippen molar-refractivity contribution in [1.29, 1.82) is 0 Å². The van der Waals surface area contributed by atoms with Crippen LogP contribution < -0.4 is 0 Å². The van der Waals surface area contributed by atoms with E-state index in [4.69, 9.17) is 11.6 Å². The fourth-order valence-electron chi connectivity index (χ4n) is 2.52. The van der Waals surface area contributed by atoms with Gasteiger partial charge in [0.2, 0.25) is 0 Å². The van der Waals surface area contributed by atoms with E-state index in [1.54, 1.807) is 0 Å². The van der Waals surface area contributed by atoms with E-state index in [1.165, 1.54) is 33.4 Å². The molecular formula is C18H21Cl. The highest BCUT2D eigenvalue weighted by Crippen LogP contribution is 2.28. The fraction of sp³-hybridized carbons (Fsp3) is 0.333. The van der Waals surface area contributed by atoms with Crippen LogP contribution in [0.5, 0.6) is 0 Å². The minimum Gasteiger partial charge on any atom is -0.117 e. The van der Waals surface area contributed by atoms with Gasteiger partial charge in [-0.2, -0.15) is 0 Å². The summed E-state index contributed by atoms with van der Waals surface area (Å²) in [6.45, 7) is 8.53.